The van der Waals surface area contributed by atoms with Crippen LogP contribution in [0.1, 0.15) is 18.9 Å². The Balaban J connectivity index is 1.52. The van der Waals surface area contributed by atoms with Crippen LogP contribution in [0.4, 0.5) is 0 Å². The zero-order chi connectivity index (χ0) is 11.7. The molecular weight excluding hydrogens is 248 g/mol. The van der Waals surface area contributed by atoms with Gasteiger partial charge >= 0.3 is 0 Å². The molecule has 1 saturated heterocycles. The molecule has 2 heterocycles. The fraction of sp³-hybridized carbons (Fsp3) is 0.571. The van der Waals surface area contributed by atoms with Crippen LogP contribution in [0.15, 0.2) is 29.2 Å². The normalized spacial score (nSPS) is 31.7. The van der Waals surface area contributed by atoms with Crippen molar-refractivity contribution in [3.63, 3.8) is 0 Å². The summed E-state index contributed by atoms with van der Waals surface area (Å²) < 4.78 is 5.61. The second kappa shape index (κ2) is 5.25. The second-order valence-electron chi connectivity index (χ2n) is 4.79. The number of ether oxygens (including phenoxy) is 1. The highest BCUT2D eigenvalue weighted by Crippen LogP contribution is 2.39. The van der Waals surface area contributed by atoms with E-state index in [4.69, 9.17) is 4.74 Å². The molecule has 0 amide bonds. The lowest BCUT2D eigenvalue weighted by Gasteiger charge is -2.15. The molecule has 0 bridgehead atoms. The molecule has 3 atom stereocenters. The molecule has 0 aliphatic carbocycles. The molecule has 0 radical (unpaired) electrons. The van der Waals surface area contributed by atoms with Crippen LogP contribution >= 0.6 is 23.5 Å². The van der Waals surface area contributed by atoms with Crippen molar-refractivity contribution < 1.29 is 4.74 Å². The summed E-state index contributed by atoms with van der Waals surface area (Å²) in [5.74, 6) is 1.26. The standard InChI is InChI=1S/C14H18OS2/c1-10-13(6-7-15-10)16-9-12-8-11-4-2-3-5-14(11)17-12/h2-5,10,12-13H,6-9H2,1H3. The van der Waals surface area contributed by atoms with E-state index in [-0.39, 0.29) is 0 Å². The van der Waals surface area contributed by atoms with E-state index in [2.05, 4.69) is 54.7 Å². The Morgan fingerprint density at radius 2 is 2.29 bits per heavy atom. The highest BCUT2D eigenvalue weighted by molar-refractivity contribution is 8.03. The first kappa shape index (κ1) is 11.9. The van der Waals surface area contributed by atoms with Gasteiger partial charge in [0.15, 0.2) is 0 Å². The van der Waals surface area contributed by atoms with Crippen LogP contribution in [0, 0.1) is 0 Å². The Morgan fingerprint density at radius 3 is 3.06 bits per heavy atom. The van der Waals surface area contributed by atoms with Gasteiger partial charge in [0.05, 0.1) is 6.10 Å². The third-order valence-corrected chi connectivity index (χ3v) is 6.69. The van der Waals surface area contributed by atoms with Crippen LogP contribution in [-0.2, 0) is 11.2 Å². The van der Waals surface area contributed by atoms with E-state index in [0.29, 0.717) is 6.10 Å². The van der Waals surface area contributed by atoms with Gasteiger partial charge in [-0.3, -0.25) is 0 Å². The lowest BCUT2D eigenvalue weighted by Crippen LogP contribution is -2.16. The van der Waals surface area contributed by atoms with Crippen molar-refractivity contribution in [2.75, 3.05) is 12.4 Å². The maximum absolute atomic E-state index is 5.61. The van der Waals surface area contributed by atoms with Gasteiger partial charge in [-0.15, -0.1) is 11.8 Å². The van der Waals surface area contributed by atoms with E-state index in [9.17, 15) is 0 Å². The van der Waals surface area contributed by atoms with E-state index < -0.39 is 0 Å². The molecule has 17 heavy (non-hydrogen) atoms. The minimum atomic E-state index is 0.453. The summed E-state index contributed by atoms with van der Waals surface area (Å²) in [7, 11) is 0. The number of thioether (sulfide) groups is 2. The van der Waals surface area contributed by atoms with Crippen molar-refractivity contribution in [1.29, 1.82) is 0 Å². The summed E-state index contributed by atoms with van der Waals surface area (Å²) in [6.07, 6.45) is 2.93. The Bertz CT molecular complexity index is 369. The molecule has 1 aromatic carbocycles. The predicted octanol–water partition coefficient (Wildman–Crippen LogP) is 3.61. The smallest absolute Gasteiger partial charge is 0.0666 e. The quantitative estimate of drug-likeness (QED) is 0.827. The third kappa shape index (κ3) is 2.67. The highest BCUT2D eigenvalue weighted by atomic mass is 32.2. The number of hydrogen-bond donors (Lipinski definition) is 0. The van der Waals surface area contributed by atoms with E-state index >= 15 is 0 Å². The van der Waals surface area contributed by atoms with E-state index in [1.165, 1.54) is 23.5 Å². The fourth-order valence-corrected chi connectivity index (χ4v) is 5.29. The monoisotopic (exact) mass is 266 g/mol. The van der Waals surface area contributed by atoms with Crippen LogP contribution in [0.5, 0.6) is 0 Å². The molecule has 0 saturated carbocycles. The first-order valence-electron chi connectivity index (χ1n) is 6.30. The van der Waals surface area contributed by atoms with Gasteiger partial charge < -0.3 is 4.74 Å². The first-order valence-corrected chi connectivity index (χ1v) is 8.23. The van der Waals surface area contributed by atoms with Crippen molar-refractivity contribution in [1.82, 2.24) is 0 Å². The number of fused-ring (bicyclic) bond motifs is 1. The molecule has 3 rings (SSSR count). The summed E-state index contributed by atoms with van der Waals surface area (Å²) in [4.78, 5) is 1.49. The molecule has 1 aromatic rings. The van der Waals surface area contributed by atoms with E-state index in [1.54, 1.807) is 5.56 Å². The van der Waals surface area contributed by atoms with Crippen molar-refractivity contribution in [3.8, 4) is 0 Å². The Kier molecular flexibility index (Phi) is 3.69. The fourth-order valence-electron chi connectivity index (χ4n) is 2.51. The minimum Gasteiger partial charge on any atom is -0.377 e. The number of hydrogen-bond acceptors (Lipinski definition) is 3. The molecular formula is C14H18OS2. The van der Waals surface area contributed by atoms with Crippen molar-refractivity contribution in [2.24, 2.45) is 0 Å². The molecule has 2 aliphatic heterocycles. The number of benzene rings is 1. The number of rotatable bonds is 3. The van der Waals surface area contributed by atoms with Crippen LogP contribution in [-0.4, -0.2) is 29.0 Å². The minimum absolute atomic E-state index is 0.453. The van der Waals surface area contributed by atoms with Crippen LogP contribution in [0.25, 0.3) is 0 Å². The summed E-state index contributed by atoms with van der Waals surface area (Å²) in [6, 6.07) is 8.83. The Labute approximate surface area is 112 Å². The van der Waals surface area contributed by atoms with Gasteiger partial charge in [-0.05, 0) is 31.4 Å². The summed E-state index contributed by atoms with van der Waals surface area (Å²) in [5, 5.41) is 1.49. The Hall–Kier alpha value is -0.120. The molecule has 0 aromatic heterocycles. The lowest BCUT2D eigenvalue weighted by atomic mass is 10.1. The summed E-state index contributed by atoms with van der Waals surface area (Å²) in [6.45, 7) is 3.16. The van der Waals surface area contributed by atoms with Gasteiger partial charge in [0.1, 0.15) is 0 Å². The van der Waals surface area contributed by atoms with E-state index in [1.807, 2.05) is 0 Å². The summed E-state index contributed by atoms with van der Waals surface area (Å²) in [5.41, 5.74) is 1.54. The molecule has 1 nitrogen and oxygen atoms in total. The lowest BCUT2D eigenvalue weighted by molar-refractivity contribution is 0.127. The van der Waals surface area contributed by atoms with Gasteiger partial charge in [-0.25, -0.2) is 0 Å². The Morgan fingerprint density at radius 1 is 1.41 bits per heavy atom. The van der Waals surface area contributed by atoms with Gasteiger partial charge in [0, 0.05) is 27.8 Å². The predicted molar refractivity (Wildman–Crippen MR) is 76.1 cm³/mol. The van der Waals surface area contributed by atoms with Gasteiger partial charge in [0.2, 0.25) is 0 Å². The maximum Gasteiger partial charge on any atom is 0.0666 e. The van der Waals surface area contributed by atoms with Gasteiger partial charge in [-0.2, -0.15) is 11.8 Å². The average molecular weight is 266 g/mol. The second-order valence-corrected chi connectivity index (χ2v) is 7.40. The van der Waals surface area contributed by atoms with Crippen molar-refractivity contribution >= 4 is 23.5 Å². The zero-order valence-corrected chi connectivity index (χ0v) is 11.7. The van der Waals surface area contributed by atoms with Gasteiger partial charge in [0.25, 0.3) is 0 Å². The van der Waals surface area contributed by atoms with Crippen LogP contribution in [0.2, 0.25) is 0 Å². The largest absolute Gasteiger partial charge is 0.377 e. The molecule has 3 unspecified atom stereocenters. The SMILES string of the molecule is CC1OCCC1SCC1Cc2ccccc2S1. The van der Waals surface area contributed by atoms with Crippen LogP contribution in [0.3, 0.4) is 0 Å². The molecule has 0 N–H and O–H groups in total. The zero-order valence-electron chi connectivity index (χ0n) is 10.1. The topological polar surface area (TPSA) is 9.23 Å². The summed E-state index contributed by atoms with van der Waals surface area (Å²) >= 11 is 4.17. The average Bonchev–Trinajstić information content (AvgIpc) is 2.92. The van der Waals surface area contributed by atoms with Crippen molar-refractivity contribution in [2.45, 2.75) is 41.3 Å². The van der Waals surface area contributed by atoms with E-state index in [0.717, 1.165) is 17.1 Å². The van der Waals surface area contributed by atoms with Gasteiger partial charge in [-0.1, -0.05) is 18.2 Å². The molecule has 1 fully saturated rings. The molecule has 92 valence electrons. The highest BCUT2D eigenvalue weighted by Gasteiger charge is 2.27. The van der Waals surface area contributed by atoms with Crippen molar-refractivity contribution in [3.05, 3.63) is 29.8 Å². The molecule has 3 heteroatoms. The van der Waals surface area contributed by atoms with Crippen LogP contribution < -0.4 is 0 Å². The first-order chi connectivity index (χ1) is 8.33. The maximum atomic E-state index is 5.61. The molecule has 2 aliphatic rings. The molecule has 0 spiro atoms. The third-order valence-electron chi connectivity index (χ3n) is 3.52.